The molecule has 2 aliphatic rings. The molecule has 2 aliphatic heterocycles. The number of ether oxygens (including phenoxy) is 1. The molecule has 1 fully saturated rings. The zero-order valence-corrected chi connectivity index (χ0v) is 12.2. The van der Waals surface area contributed by atoms with Crippen molar-refractivity contribution in [3.05, 3.63) is 29.3 Å². The highest BCUT2D eigenvalue weighted by Gasteiger charge is 2.12. The Morgan fingerprint density at radius 1 is 1.25 bits per heavy atom. The number of anilines is 1. The van der Waals surface area contributed by atoms with Crippen LogP contribution in [-0.4, -0.2) is 50.8 Å². The van der Waals surface area contributed by atoms with E-state index in [9.17, 15) is 0 Å². The number of fused-ring (bicyclic) bond motifs is 1. The monoisotopic (exact) mass is 275 g/mol. The molecule has 3 rings (SSSR count). The van der Waals surface area contributed by atoms with E-state index < -0.39 is 0 Å². The first-order chi connectivity index (χ1) is 9.93. The second kappa shape index (κ2) is 7.07. The quantitative estimate of drug-likeness (QED) is 0.798. The summed E-state index contributed by atoms with van der Waals surface area (Å²) in [5.41, 5.74) is 4.26. The van der Waals surface area contributed by atoms with Crippen molar-refractivity contribution < 1.29 is 4.74 Å². The number of nitrogens with one attached hydrogen (secondary N) is 2. The van der Waals surface area contributed by atoms with Crippen LogP contribution < -0.4 is 10.6 Å². The minimum absolute atomic E-state index is 0.885. The summed E-state index contributed by atoms with van der Waals surface area (Å²) in [5, 5.41) is 7.13. The third-order valence-corrected chi connectivity index (χ3v) is 4.19. The number of aryl methyl sites for hydroxylation is 1. The van der Waals surface area contributed by atoms with Crippen molar-refractivity contribution >= 4 is 5.69 Å². The molecule has 2 heterocycles. The molecular weight excluding hydrogens is 250 g/mol. The molecule has 4 nitrogen and oxygen atoms in total. The largest absolute Gasteiger partial charge is 0.385 e. The predicted molar refractivity (Wildman–Crippen MR) is 82.2 cm³/mol. The van der Waals surface area contributed by atoms with Gasteiger partial charge in [0.2, 0.25) is 0 Å². The molecule has 2 N–H and O–H groups in total. The van der Waals surface area contributed by atoms with Crippen LogP contribution in [0.5, 0.6) is 0 Å². The molecule has 0 amide bonds. The van der Waals surface area contributed by atoms with Crippen molar-refractivity contribution in [2.75, 3.05) is 51.3 Å². The zero-order chi connectivity index (χ0) is 13.6. The van der Waals surface area contributed by atoms with Crippen molar-refractivity contribution in [1.29, 1.82) is 0 Å². The van der Waals surface area contributed by atoms with Crippen LogP contribution in [0.4, 0.5) is 5.69 Å². The molecule has 1 aromatic carbocycles. The van der Waals surface area contributed by atoms with E-state index in [4.69, 9.17) is 4.74 Å². The van der Waals surface area contributed by atoms with E-state index in [-0.39, 0.29) is 0 Å². The maximum Gasteiger partial charge on any atom is 0.0594 e. The Morgan fingerprint density at radius 3 is 3.05 bits per heavy atom. The number of rotatable bonds is 5. The summed E-state index contributed by atoms with van der Waals surface area (Å²) in [6, 6.07) is 6.67. The summed E-state index contributed by atoms with van der Waals surface area (Å²) in [7, 11) is 0. The van der Waals surface area contributed by atoms with Gasteiger partial charge in [0.1, 0.15) is 0 Å². The van der Waals surface area contributed by atoms with Crippen LogP contribution in [-0.2, 0) is 17.7 Å². The highest BCUT2D eigenvalue weighted by molar-refractivity contribution is 5.59. The Kier molecular flexibility index (Phi) is 4.90. The number of para-hydroxylation sites is 1. The minimum atomic E-state index is 0.885. The molecule has 4 heteroatoms. The van der Waals surface area contributed by atoms with Crippen molar-refractivity contribution in [2.45, 2.75) is 19.4 Å². The third kappa shape index (κ3) is 3.51. The van der Waals surface area contributed by atoms with Gasteiger partial charge in [-0.2, -0.15) is 0 Å². The van der Waals surface area contributed by atoms with Crippen molar-refractivity contribution in [2.24, 2.45) is 0 Å². The predicted octanol–water partition coefficient (Wildman–Crippen LogP) is 1.47. The third-order valence-electron chi connectivity index (χ3n) is 4.19. The minimum Gasteiger partial charge on any atom is -0.385 e. The Labute approximate surface area is 121 Å². The lowest BCUT2D eigenvalue weighted by atomic mass is 9.99. The lowest BCUT2D eigenvalue weighted by Gasteiger charge is -2.26. The van der Waals surface area contributed by atoms with Crippen molar-refractivity contribution in [3.63, 3.8) is 0 Å². The topological polar surface area (TPSA) is 36.5 Å². The van der Waals surface area contributed by atoms with E-state index in [0.717, 1.165) is 52.5 Å². The Balaban J connectivity index is 1.46. The first-order valence-corrected chi connectivity index (χ1v) is 7.79. The van der Waals surface area contributed by atoms with E-state index in [1.807, 2.05) is 0 Å². The normalized spacial score (nSPS) is 19.4. The fourth-order valence-electron chi connectivity index (χ4n) is 3.01. The van der Waals surface area contributed by atoms with Gasteiger partial charge in [0.05, 0.1) is 13.2 Å². The number of benzene rings is 1. The first-order valence-electron chi connectivity index (χ1n) is 7.79. The van der Waals surface area contributed by atoms with Gasteiger partial charge in [-0.25, -0.2) is 0 Å². The fourth-order valence-corrected chi connectivity index (χ4v) is 3.01. The standard InChI is InChI=1S/C16H25N3O/c1-3-14-5-2-6-18-16(14)15(4-1)13-17-7-8-19-9-11-20-12-10-19/h1,3-4,17-18H,2,5-13H2. The molecule has 0 aliphatic carbocycles. The average Bonchev–Trinajstić information content (AvgIpc) is 2.53. The van der Waals surface area contributed by atoms with Crippen LogP contribution in [0.15, 0.2) is 18.2 Å². The molecule has 1 aromatic rings. The molecule has 0 atom stereocenters. The van der Waals surface area contributed by atoms with Gasteiger partial charge < -0.3 is 15.4 Å². The van der Waals surface area contributed by atoms with Gasteiger partial charge in [-0.05, 0) is 24.0 Å². The second-order valence-corrected chi connectivity index (χ2v) is 5.61. The molecule has 0 radical (unpaired) electrons. The molecule has 0 bridgehead atoms. The van der Waals surface area contributed by atoms with Gasteiger partial charge >= 0.3 is 0 Å². The van der Waals surface area contributed by atoms with E-state index >= 15 is 0 Å². The Morgan fingerprint density at radius 2 is 2.15 bits per heavy atom. The summed E-state index contributed by atoms with van der Waals surface area (Å²) in [5.74, 6) is 0. The van der Waals surface area contributed by atoms with Crippen molar-refractivity contribution in [1.82, 2.24) is 10.2 Å². The van der Waals surface area contributed by atoms with Gasteiger partial charge in [-0.15, -0.1) is 0 Å². The van der Waals surface area contributed by atoms with Crippen LogP contribution >= 0.6 is 0 Å². The number of hydrogen-bond donors (Lipinski definition) is 2. The summed E-state index contributed by atoms with van der Waals surface area (Å²) in [4.78, 5) is 2.47. The summed E-state index contributed by atoms with van der Waals surface area (Å²) in [6.07, 6.45) is 2.46. The first kappa shape index (κ1) is 13.9. The van der Waals surface area contributed by atoms with Crippen LogP contribution in [0.2, 0.25) is 0 Å². The van der Waals surface area contributed by atoms with Gasteiger partial charge in [0.25, 0.3) is 0 Å². The van der Waals surface area contributed by atoms with E-state index in [1.165, 1.54) is 29.7 Å². The summed E-state index contributed by atoms with van der Waals surface area (Å²) >= 11 is 0. The van der Waals surface area contributed by atoms with Crippen LogP contribution in [0, 0.1) is 0 Å². The van der Waals surface area contributed by atoms with Crippen LogP contribution in [0.25, 0.3) is 0 Å². The molecule has 110 valence electrons. The molecule has 1 saturated heterocycles. The number of morpholine rings is 1. The van der Waals surface area contributed by atoms with Crippen LogP contribution in [0.1, 0.15) is 17.5 Å². The molecular formula is C16H25N3O. The lowest BCUT2D eigenvalue weighted by molar-refractivity contribution is 0.0384. The van der Waals surface area contributed by atoms with Gasteiger partial charge in [-0.3, -0.25) is 4.90 Å². The van der Waals surface area contributed by atoms with Gasteiger partial charge in [-0.1, -0.05) is 18.2 Å². The highest BCUT2D eigenvalue weighted by Crippen LogP contribution is 2.25. The molecule has 0 unspecified atom stereocenters. The lowest BCUT2D eigenvalue weighted by Crippen LogP contribution is -2.40. The van der Waals surface area contributed by atoms with E-state index in [2.05, 4.69) is 33.7 Å². The Bertz CT molecular complexity index is 430. The van der Waals surface area contributed by atoms with E-state index in [1.54, 1.807) is 0 Å². The maximum atomic E-state index is 5.37. The molecule has 0 aromatic heterocycles. The summed E-state index contributed by atoms with van der Waals surface area (Å²) in [6.45, 7) is 8.15. The van der Waals surface area contributed by atoms with Gasteiger partial charge in [0, 0.05) is 45.0 Å². The Hall–Kier alpha value is -1.10. The smallest absolute Gasteiger partial charge is 0.0594 e. The maximum absolute atomic E-state index is 5.37. The highest BCUT2D eigenvalue weighted by atomic mass is 16.5. The average molecular weight is 275 g/mol. The van der Waals surface area contributed by atoms with Crippen LogP contribution in [0.3, 0.4) is 0 Å². The fraction of sp³-hybridized carbons (Fsp3) is 0.625. The molecule has 0 spiro atoms. The summed E-state index contributed by atoms with van der Waals surface area (Å²) < 4.78 is 5.37. The second-order valence-electron chi connectivity index (χ2n) is 5.61. The number of nitrogens with zero attached hydrogens (tertiary/aromatic N) is 1. The molecule has 0 saturated carbocycles. The number of hydrogen-bond acceptors (Lipinski definition) is 4. The zero-order valence-electron chi connectivity index (χ0n) is 12.2. The van der Waals surface area contributed by atoms with Crippen molar-refractivity contribution in [3.8, 4) is 0 Å². The molecule has 20 heavy (non-hydrogen) atoms. The van der Waals surface area contributed by atoms with Gasteiger partial charge in [0.15, 0.2) is 0 Å². The van der Waals surface area contributed by atoms with E-state index in [0.29, 0.717) is 0 Å². The SMILES string of the molecule is c1cc2c(c(CNCCN3CCOCC3)c1)NCCC2.